The van der Waals surface area contributed by atoms with Gasteiger partial charge in [-0.3, -0.25) is 0 Å². The van der Waals surface area contributed by atoms with Gasteiger partial charge >= 0.3 is 7.12 Å². The number of H-pyrrole nitrogens is 1. The highest BCUT2D eigenvalue weighted by Crippen LogP contribution is 2.66. The lowest BCUT2D eigenvalue weighted by molar-refractivity contribution is -0.192. The monoisotopic (exact) mass is 451 g/mol. The van der Waals surface area contributed by atoms with Crippen LogP contribution in [-0.2, 0) is 20.3 Å². The molecule has 2 aromatic heterocycles. The van der Waals surface area contributed by atoms with Gasteiger partial charge < -0.3 is 14.7 Å². The number of hydrogen-bond donors (Lipinski definition) is 2. The fourth-order valence-corrected chi connectivity index (χ4v) is 7.73. The minimum absolute atomic E-state index is 0.00647. The summed E-state index contributed by atoms with van der Waals surface area (Å²) in [5, 5.41) is 11.6. The number of fused-ring (bicyclic) bond motifs is 4. The molecule has 9 heteroatoms. The van der Waals surface area contributed by atoms with Gasteiger partial charge in [0.05, 0.1) is 10.5 Å². The maximum Gasteiger partial charge on any atom is 0.493 e. The van der Waals surface area contributed by atoms with Crippen LogP contribution in [0.2, 0.25) is 0 Å². The Bertz CT molecular complexity index is 1310. The topological polar surface area (TPSA) is 95.5 Å². The molecule has 2 N–H and O–H groups in total. The summed E-state index contributed by atoms with van der Waals surface area (Å²) in [6.07, 6.45) is 5.94. The fraction of sp³-hybridized carbons (Fsp3) is 0.435. The molecule has 7 nitrogen and oxygen atoms in total. The molecule has 166 valence electrons. The number of aryl methyl sites for hydroxylation is 1. The molecule has 2 aliphatic heterocycles. The van der Waals surface area contributed by atoms with Gasteiger partial charge in [0.2, 0.25) is 10.0 Å². The lowest BCUT2D eigenvalue weighted by Crippen LogP contribution is -2.62. The first-order valence-electron chi connectivity index (χ1n) is 11.2. The number of aromatic nitrogens is 2. The third-order valence-electron chi connectivity index (χ3n) is 8.24. The highest BCUT2D eigenvalue weighted by Gasteiger charge is 2.67. The molecule has 2 spiro atoms. The minimum Gasteiger partial charge on any atom is -0.423 e. The molecular weight excluding hydrogens is 425 g/mol. The van der Waals surface area contributed by atoms with Crippen LogP contribution in [0.1, 0.15) is 37.3 Å². The van der Waals surface area contributed by atoms with Crippen LogP contribution in [0.4, 0.5) is 0 Å². The third kappa shape index (κ3) is 2.59. The van der Waals surface area contributed by atoms with E-state index in [4.69, 9.17) is 4.65 Å². The molecule has 3 aromatic rings. The first-order valence-corrected chi connectivity index (χ1v) is 12.6. The lowest BCUT2D eigenvalue weighted by Gasteiger charge is -2.63. The summed E-state index contributed by atoms with van der Waals surface area (Å²) in [5.74, 6) is 0.163. The molecule has 0 amide bonds. The average Bonchev–Trinajstić information content (AvgIpc) is 3.37. The molecule has 4 heterocycles. The highest BCUT2D eigenvalue weighted by atomic mass is 32.2. The predicted molar refractivity (Wildman–Crippen MR) is 122 cm³/mol. The van der Waals surface area contributed by atoms with Crippen molar-refractivity contribution in [2.75, 3.05) is 13.1 Å². The molecule has 1 aliphatic carbocycles. The summed E-state index contributed by atoms with van der Waals surface area (Å²) >= 11 is 0. The molecule has 6 rings (SSSR count). The summed E-state index contributed by atoms with van der Waals surface area (Å²) in [5.41, 5.74) is 3.10. The first kappa shape index (κ1) is 20.4. The quantitative estimate of drug-likeness (QED) is 0.583. The Balaban J connectivity index is 1.26. The summed E-state index contributed by atoms with van der Waals surface area (Å²) in [4.78, 5) is 7.93. The largest absolute Gasteiger partial charge is 0.493 e. The molecule has 2 atom stereocenters. The van der Waals surface area contributed by atoms with Gasteiger partial charge in [0.15, 0.2) is 0 Å². The molecule has 1 saturated carbocycles. The van der Waals surface area contributed by atoms with Crippen molar-refractivity contribution in [3.8, 4) is 0 Å². The Morgan fingerprint density at radius 2 is 1.94 bits per heavy atom. The normalized spacial score (nSPS) is 27.2. The number of sulfonamides is 1. The van der Waals surface area contributed by atoms with Crippen molar-refractivity contribution in [2.45, 2.75) is 43.6 Å². The van der Waals surface area contributed by atoms with Gasteiger partial charge in [0.25, 0.3) is 0 Å². The van der Waals surface area contributed by atoms with Crippen LogP contribution < -0.4 is 5.46 Å². The van der Waals surface area contributed by atoms with E-state index < -0.39 is 22.7 Å². The second kappa shape index (κ2) is 6.66. The van der Waals surface area contributed by atoms with E-state index in [1.165, 1.54) is 0 Å². The number of benzene rings is 1. The van der Waals surface area contributed by atoms with Gasteiger partial charge in [-0.25, -0.2) is 13.4 Å². The zero-order valence-corrected chi connectivity index (χ0v) is 19.0. The standard InChI is InChI=1S/C23H26BN3O4S/c1-15-3-5-17(6-4-15)32(29,30)27-11-8-22(9-12-27)14-23(16(22)2)20-18-7-10-25-21(18)26-13-19(20)24(28)31-23/h3-7,10,13,16,28H,8-9,11-12,14H2,1-2H3,(H,25,26). The number of rotatable bonds is 2. The van der Waals surface area contributed by atoms with Crippen LogP contribution in [0.5, 0.6) is 0 Å². The van der Waals surface area contributed by atoms with Crippen molar-refractivity contribution in [2.24, 2.45) is 11.3 Å². The summed E-state index contributed by atoms with van der Waals surface area (Å²) in [6.45, 7) is 5.14. The highest BCUT2D eigenvalue weighted by molar-refractivity contribution is 7.89. The molecule has 2 unspecified atom stereocenters. The van der Waals surface area contributed by atoms with Gasteiger partial charge in [-0.15, -0.1) is 0 Å². The molecule has 1 aromatic carbocycles. The number of nitrogens with zero attached hydrogens (tertiary/aromatic N) is 2. The van der Waals surface area contributed by atoms with E-state index in [2.05, 4.69) is 16.9 Å². The van der Waals surface area contributed by atoms with Gasteiger partial charge in [0, 0.05) is 36.3 Å². The molecule has 0 bridgehead atoms. The van der Waals surface area contributed by atoms with Crippen molar-refractivity contribution in [1.29, 1.82) is 0 Å². The van der Waals surface area contributed by atoms with Crippen molar-refractivity contribution in [3.63, 3.8) is 0 Å². The van der Waals surface area contributed by atoms with Crippen LogP contribution in [0.15, 0.2) is 47.6 Å². The first-order chi connectivity index (χ1) is 15.3. The van der Waals surface area contributed by atoms with E-state index in [1.807, 2.05) is 31.3 Å². The van der Waals surface area contributed by atoms with Crippen molar-refractivity contribution in [3.05, 3.63) is 53.9 Å². The number of piperidine rings is 1. The van der Waals surface area contributed by atoms with Gasteiger partial charge in [-0.1, -0.05) is 24.6 Å². The maximum absolute atomic E-state index is 13.1. The smallest absolute Gasteiger partial charge is 0.423 e. The summed E-state index contributed by atoms with van der Waals surface area (Å²) in [6, 6.07) is 9.06. The number of aromatic amines is 1. The van der Waals surface area contributed by atoms with Crippen LogP contribution in [0, 0.1) is 18.3 Å². The third-order valence-corrected chi connectivity index (χ3v) is 10.1. The Morgan fingerprint density at radius 3 is 2.62 bits per heavy atom. The Kier molecular flexibility index (Phi) is 4.25. The average molecular weight is 451 g/mol. The number of hydrogen-bond acceptors (Lipinski definition) is 5. The van der Waals surface area contributed by atoms with Crippen LogP contribution >= 0.6 is 0 Å². The SMILES string of the molecule is Cc1ccc(S(=O)(=O)N2CCC3(CC2)CC2(OB(O)c4cnc5[nH]ccc5c42)C3C)cc1. The molecule has 3 aliphatic rings. The number of nitrogens with one attached hydrogen (secondary N) is 1. The summed E-state index contributed by atoms with van der Waals surface area (Å²) < 4.78 is 34.1. The fourth-order valence-electron chi connectivity index (χ4n) is 6.29. The molecule has 0 radical (unpaired) electrons. The zero-order valence-electron chi connectivity index (χ0n) is 18.2. The second-order valence-electron chi connectivity index (χ2n) is 9.67. The van der Waals surface area contributed by atoms with Crippen LogP contribution in [0.25, 0.3) is 11.0 Å². The Labute approximate surface area is 188 Å². The van der Waals surface area contributed by atoms with Crippen LogP contribution in [0.3, 0.4) is 0 Å². The molecule has 32 heavy (non-hydrogen) atoms. The van der Waals surface area contributed by atoms with Crippen LogP contribution in [-0.4, -0.2) is 47.9 Å². The van der Waals surface area contributed by atoms with E-state index in [9.17, 15) is 13.4 Å². The zero-order chi connectivity index (χ0) is 22.3. The summed E-state index contributed by atoms with van der Waals surface area (Å²) in [7, 11) is -4.46. The van der Waals surface area contributed by atoms with E-state index in [0.717, 1.165) is 46.9 Å². The van der Waals surface area contributed by atoms with Gasteiger partial charge in [-0.2, -0.15) is 4.31 Å². The Morgan fingerprint density at radius 1 is 1.22 bits per heavy atom. The van der Waals surface area contributed by atoms with Gasteiger partial charge in [0.1, 0.15) is 5.65 Å². The minimum atomic E-state index is -3.49. The van der Waals surface area contributed by atoms with E-state index in [1.54, 1.807) is 22.6 Å². The van der Waals surface area contributed by atoms with E-state index in [-0.39, 0.29) is 11.3 Å². The number of pyridine rings is 1. The maximum atomic E-state index is 13.1. The lowest BCUT2D eigenvalue weighted by atomic mass is 9.47. The second-order valence-corrected chi connectivity index (χ2v) is 11.6. The van der Waals surface area contributed by atoms with E-state index in [0.29, 0.717) is 18.0 Å². The van der Waals surface area contributed by atoms with Crippen molar-refractivity contribution < 1.29 is 18.1 Å². The van der Waals surface area contributed by atoms with Crippen molar-refractivity contribution >= 4 is 33.6 Å². The Hall–Kier alpha value is -2.20. The van der Waals surface area contributed by atoms with Crippen molar-refractivity contribution in [1.82, 2.24) is 14.3 Å². The van der Waals surface area contributed by atoms with E-state index >= 15 is 0 Å². The predicted octanol–water partition coefficient (Wildman–Crippen LogP) is 2.30. The molecule has 1 saturated heterocycles. The molecular formula is C23H26BN3O4S. The van der Waals surface area contributed by atoms with Gasteiger partial charge in [-0.05, 0) is 61.3 Å². The molecule has 2 fully saturated rings.